The number of hydrogen-bond acceptors (Lipinski definition) is 2. The van der Waals surface area contributed by atoms with Gasteiger partial charge in [0, 0.05) is 0 Å². The molecule has 1 aromatic carbocycles. The predicted octanol–water partition coefficient (Wildman–Crippen LogP) is 4.07. The second-order valence-corrected chi connectivity index (χ2v) is 5.53. The molecule has 0 spiro atoms. The Morgan fingerprint density at radius 3 is 2.05 bits per heavy atom. The Morgan fingerprint density at radius 2 is 1.57 bits per heavy atom. The summed E-state index contributed by atoms with van der Waals surface area (Å²) in [6.07, 6.45) is 0.198. The lowest BCUT2D eigenvalue weighted by Crippen LogP contribution is -2.34. The van der Waals surface area contributed by atoms with Crippen molar-refractivity contribution in [3.05, 3.63) is 35.4 Å². The first kappa shape index (κ1) is 18.3. The third-order valence-electron chi connectivity index (χ3n) is 4.12. The summed E-state index contributed by atoms with van der Waals surface area (Å²) >= 11 is 0. The monoisotopic (exact) mass is 323 g/mol. The van der Waals surface area contributed by atoms with Gasteiger partial charge in [0.1, 0.15) is 0 Å². The highest BCUT2D eigenvalue weighted by atomic mass is 35.5. The topological polar surface area (TPSA) is 46.2 Å². The molecule has 1 fully saturated rings. The molecule has 21 heavy (non-hydrogen) atoms. The third-order valence-corrected chi connectivity index (χ3v) is 4.12. The Hall–Kier alpha value is -0.780. The zero-order valence-corrected chi connectivity index (χ0v) is 12.5. The number of aliphatic hydroxyl groups excluding tert-OH is 1. The van der Waals surface area contributed by atoms with E-state index in [0.29, 0.717) is 5.56 Å². The minimum atomic E-state index is -4.34. The van der Waals surface area contributed by atoms with Crippen LogP contribution in [0.5, 0.6) is 0 Å². The molecule has 0 heterocycles. The smallest absolute Gasteiger partial charge is 0.391 e. The van der Waals surface area contributed by atoms with Crippen LogP contribution >= 0.6 is 12.4 Å². The molecular weight excluding hydrogens is 303 g/mol. The van der Waals surface area contributed by atoms with Crippen molar-refractivity contribution in [3.8, 4) is 0 Å². The van der Waals surface area contributed by atoms with Crippen molar-refractivity contribution in [2.24, 2.45) is 11.7 Å². The minimum absolute atomic E-state index is 0. The van der Waals surface area contributed by atoms with Gasteiger partial charge in [-0.1, -0.05) is 31.4 Å². The van der Waals surface area contributed by atoms with Gasteiger partial charge < -0.3 is 10.8 Å². The molecule has 1 aliphatic carbocycles. The molecule has 1 aromatic rings. The molecular formula is C15H21ClF3NO. The Kier molecular flexibility index (Phi) is 6.50. The van der Waals surface area contributed by atoms with Crippen LogP contribution in [0, 0.1) is 5.92 Å². The molecule has 0 saturated heterocycles. The van der Waals surface area contributed by atoms with E-state index in [1.54, 1.807) is 0 Å². The molecule has 120 valence electrons. The van der Waals surface area contributed by atoms with Gasteiger partial charge in [-0.2, -0.15) is 13.2 Å². The van der Waals surface area contributed by atoms with Crippen molar-refractivity contribution in [2.45, 2.75) is 50.4 Å². The summed E-state index contributed by atoms with van der Waals surface area (Å²) in [7, 11) is 0. The molecule has 2 atom stereocenters. The Morgan fingerprint density at radius 1 is 1.05 bits per heavy atom. The average molecular weight is 324 g/mol. The first-order valence-electron chi connectivity index (χ1n) is 7.00. The highest BCUT2D eigenvalue weighted by Gasteiger charge is 2.31. The SMILES string of the molecule is Cl.N[C@@H](c1ccc(C(F)(F)F)cc1)[C@H](O)C1CCCCC1. The second kappa shape index (κ2) is 7.47. The normalized spacial score (nSPS) is 19.7. The van der Waals surface area contributed by atoms with E-state index in [9.17, 15) is 18.3 Å². The lowest BCUT2D eigenvalue weighted by Gasteiger charge is -2.30. The van der Waals surface area contributed by atoms with E-state index in [1.807, 2.05) is 0 Å². The van der Waals surface area contributed by atoms with Crippen LogP contribution in [0.1, 0.15) is 49.3 Å². The largest absolute Gasteiger partial charge is 0.416 e. The van der Waals surface area contributed by atoms with Crippen LogP contribution in [-0.2, 0) is 6.18 Å². The van der Waals surface area contributed by atoms with E-state index in [0.717, 1.165) is 37.8 Å². The molecule has 2 nitrogen and oxygen atoms in total. The van der Waals surface area contributed by atoms with E-state index < -0.39 is 23.9 Å². The Bertz CT molecular complexity index is 430. The minimum Gasteiger partial charge on any atom is -0.391 e. The fourth-order valence-corrected chi connectivity index (χ4v) is 2.86. The summed E-state index contributed by atoms with van der Waals surface area (Å²) in [5, 5.41) is 10.3. The second-order valence-electron chi connectivity index (χ2n) is 5.53. The maximum absolute atomic E-state index is 12.5. The van der Waals surface area contributed by atoms with Crippen molar-refractivity contribution >= 4 is 12.4 Å². The molecule has 0 aliphatic heterocycles. The summed E-state index contributed by atoms with van der Waals surface area (Å²) in [4.78, 5) is 0. The average Bonchev–Trinajstić information content (AvgIpc) is 2.46. The van der Waals surface area contributed by atoms with E-state index >= 15 is 0 Å². The molecule has 6 heteroatoms. The van der Waals surface area contributed by atoms with Gasteiger partial charge in [0.05, 0.1) is 17.7 Å². The molecule has 3 N–H and O–H groups in total. The molecule has 0 unspecified atom stereocenters. The number of alkyl halides is 3. The van der Waals surface area contributed by atoms with Crippen molar-refractivity contribution in [1.82, 2.24) is 0 Å². The van der Waals surface area contributed by atoms with Gasteiger partial charge in [-0.15, -0.1) is 12.4 Å². The summed E-state index contributed by atoms with van der Waals surface area (Å²) in [6, 6.07) is 4.13. The highest BCUT2D eigenvalue weighted by molar-refractivity contribution is 5.85. The quantitative estimate of drug-likeness (QED) is 0.881. The van der Waals surface area contributed by atoms with Gasteiger partial charge >= 0.3 is 6.18 Å². The van der Waals surface area contributed by atoms with Crippen molar-refractivity contribution in [1.29, 1.82) is 0 Å². The van der Waals surface area contributed by atoms with Gasteiger partial charge in [0.25, 0.3) is 0 Å². The lowest BCUT2D eigenvalue weighted by atomic mass is 9.81. The van der Waals surface area contributed by atoms with Crippen LogP contribution in [0.15, 0.2) is 24.3 Å². The maximum atomic E-state index is 12.5. The van der Waals surface area contributed by atoms with Crippen LogP contribution < -0.4 is 5.73 Å². The molecule has 0 radical (unpaired) electrons. The van der Waals surface area contributed by atoms with E-state index in [-0.39, 0.29) is 18.3 Å². The maximum Gasteiger partial charge on any atom is 0.416 e. The van der Waals surface area contributed by atoms with Crippen molar-refractivity contribution in [3.63, 3.8) is 0 Å². The highest BCUT2D eigenvalue weighted by Crippen LogP contribution is 2.33. The number of benzene rings is 1. The number of nitrogens with two attached hydrogens (primary N) is 1. The molecule has 1 saturated carbocycles. The van der Waals surface area contributed by atoms with E-state index in [4.69, 9.17) is 5.73 Å². The van der Waals surface area contributed by atoms with Crippen LogP contribution in [0.2, 0.25) is 0 Å². The Balaban J connectivity index is 0.00000220. The van der Waals surface area contributed by atoms with Gasteiger partial charge in [-0.25, -0.2) is 0 Å². The van der Waals surface area contributed by atoms with Crippen LogP contribution in [-0.4, -0.2) is 11.2 Å². The lowest BCUT2D eigenvalue weighted by molar-refractivity contribution is -0.137. The van der Waals surface area contributed by atoms with Crippen LogP contribution in [0.3, 0.4) is 0 Å². The zero-order valence-electron chi connectivity index (χ0n) is 11.6. The zero-order chi connectivity index (χ0) is 14.8. The summed E-state index contributed by atoms with van der Waals surface area (Å²) in [5.74, 6) is 0.154. The molecule has 0 amide bonds. The van der Waals surface area contributed by atoms with E-state index in [1.165, 1.54) is 18.6 Å². The summed E-state index contributed by atoms with van der Waals surface area (Å²) in [6.45, 7) is 0. The van der Waals surface area contributed by atoms with Gasteiger partial charge in [-0.05, 0) is 36.5 Å². The fourth-order valence-electron chi connectivity index (χ4n) is 2.86. The van der Waals surface area contributed by atoms with Gasteiger partial charge in [-0.3, -0.25) is 0 Å². The number of halogens is 4. The predicted molar refractivity (Wildman–Crippen MR) is 78.2 cm³/mol. The first-order chi connectivity index (χ1) is 9.39. The van der Waals surface area contributed by atoms with Crippen molar-refractivity contribution in [2.75, 3.05) is 0 Å². The number of aliphatic hydroxyl groups is 1. The van der Waals surface area contributed by atoms with Crippen LogP contribution in [0.4, 0.5) is 13.2 Å². The molecule has 2 rings (SSSR count). The summed E-state index contributed by atoms with van der Waals surface area (Å²) < 4.78 is 37.5. The van der Waals surface area contributed by atoms with Crippen molar-refractivity contribution < 1.29 is 18.3 Å². The van der Waals surface area contributed by atoms with E-state index in [2.05, 4.69) is 0 Å². The number of rotatable bonds is 3. The summed E-state index contributed by atoms with van der Waals surface area (Å²) in [5.41, 5.74) is 5.86. The molecule has 0 aromatic heterocycles. The first-order valence-corrected chi connectivity index (χ1v) is 7.00. The number of hydrogen-bond donors (Lipinski definition) is 2. The molecule has 1 aliphatic rings. The molecule has 0 bridgehead atoms. The van der Waals surface area contributed by atoms with Gasteiger partial charge in [0.15, 0.2) is 0 Å². The standard InChI is InChI=1S/C15H20F3NO.ClH/c16-15(17,18)12-8-6-10(7-9-12)13(19)14(20)11-4-2-1-3-5-11;/h6-9,11,13-14,20H,1-5,19H2;1H/t13-,14+;/m0./s1. The Labute approximate surface area is 128 Å². The van der Waals surface area contributed by atoms with Gasteiger partial charge in [0.2, 0.25) is 0 Å². The van der Waals surface area contributed by atoms with Crippen LogP contribution in [0.25, 0.3) is 0 Å². The third kappa shape index (κ3) is 4.59. The fraction of sp³-hybridized carbons (Fsp3) is 0.600.